The first-order valence-corrected chi connectivity index (χ1v) is 9.38. The Hall–Kier alpha value is -1.75. The van der Waals surface area contributed by atoms with Crippen LogP contribution in [0.3, 0.4) is 0 Å². The number of rotatable bonds is 7. The molecule has 2 nitrogen and oxygen atoms in total. The fraction of sp³-hybridized carbons (Fsp3) is 0.571. The van der Waals surface area contributed by atoms with Crippen LogP contribution in [0.1, 0.15) is 87.4 Å². The first-order chi connectivity index (χ1) is 11.3. The van der Waals surface area contributed by atoms with Crippen molar-refractivity contribution in [2.45, 2.75) is 77.0 Å². The molecule has 1 aromatic heterocycles. The fourth-order valence-corrected chi connectivity index (χ4v) is 4.14. The van der Waals surface area contributed by atoms with Crippen molar-refractivity contribution in [1.29, 1.82) is 5.26 Å². The smallest absolute Gasteiger partial charge is 0.0992 e. The van der Waals surface area contributed by atoms with Crippen LogP contribution in [-0.4, -0.2) is 4.98 Å². The molecule has 122 valence electrons. The van der Waals surface area contributed by atoms with Crippen molar-refractivity contribution in [2.75, 3.05) is 0 Å². The van der Waals surface area contributed by atoms with E-state index in [2.05, 4.69) is 24.0 Å². The van der Waals surface area contributed by atoms with Crippen molar-refractivity contribution in [1.82, 2.24) is 4.98 Å². The lowest BCUT2D eigenvalue weighted by atomic mass is 9.82. The van der Waals surface area contributed by atoms with Crippen LogP contribution in [0.4, 0.5) is 0 Å². The van der Waals surface area contributed by atoms with Crippen molar-refractivity contribution < 1.29 is 0 Å². The van der Waals surface area contributed by atoms with E-state index in [1.165, 1.54) is 75.3 Å². The number of hydrogen-bond donors (Lipinski definition) is 1. The molecule has 0 saturated carbocycles. The molecule has 2 heteroatoms. The molecule has 0 radical (unpaired) electrons. The van der Waals surface area contributed by atoms with Gasteiger partial charge in [0.25, 0.3) is 0 Å². The zero-order valence-corrected chi connectivity index (χ0v) is 14.3. The van der Waals surface area contributed by atoms with Gasteiger partial charge in [0.2, 0.25) is 0 Å². The molecule has 1 aromatic carbocycles. The number of nitriles is 1. The highest BCUT2D eigenvalue weighted by Crippen LogP contribution is 2.40. The zero-order valence-electron chi connectivity index (χ0n) is 14.3. The number of aryl methyl sites for hydroxylation is 1. The number of fused-ring (bicyclic) bond motifs is 3. The summed E-state index contributed by atoms with van der Waals surface area (Å²) < 4.78 is 0. The van der Waals surface area contributed by atoms with E-state index in [1.807, 2.05) is 12.1 Å². The Morgan fingerprint density at radius 3 is 2.83 bits per heavy atom. The third-order valence-electron chi connectivity index (χ3n) is 5.34. The molecule has 23 heavy (non-hydrogen) atoms. The first-order valence-electron chi connectivity index (χ1n) is 9.38. The second-order valence-corrected chi connectivity index (χ2v) is 7.03. The van der Waals surface area contributed by atoms with Gasteiger partial charge in [0.05, 0.1) is 11.6 Å². The van der Waals surface area contributed by atoms with Crippen molar-refractivity contribution in [2.24, 2.45) is 0 Å². The van der Waals surface area contributed by atoms with Gasteiger partial charge in [-0.05, 0) is 49.3 Å². The van der Waals surface area contributed by atoms with E-state index < -0.39 is 0 Å². The Morgan fingerprint density at radius 2 is 2.00 bits per heavy atom. The summed E-state index contributed by atoms with van der Waals surface area (Å²) in [7, 11) is 0. The Labute approximate surface area is 139 Å². The summed E-state index contributed by atoms with van der Waals surface area (Å²) in [5.74, 6) is 0.714. The average molecular weight is 308 g/mol. The lowest BCUT2D eigenvalue weighted by molar-refractivity contribution is 0.484. The van der Waals surface area contributed by atoms with Crippen molar-refractivity contribution in [3.8, 4) is 6.07 Å². The molecule has 1 aliphatic carbocycles. The highest BCUT2D eigenvalue weighted by atomic mass is 14.7. The van der Waals surface area contributed by atoms with Crippen LogP contribution in [0.15, 0.2) is 18.2 Å². The van der Waals surface area contributed by atoms with E-state index in [0.717, 1.165) is 11.1 Å². The molecular formula is C21H28N2. The molecule has 1 heterocycles. The maximum atomic E-state index is 9.09. The van der Waals surface area contributed by atoms with Crippen molar-refractivity contribution in [3.63, 3.8) is 0 Å². The number of nitrogens with zero attached hydrogens (tertiary/aromatic N) is 1. The Bertz CT molecular complexity index is 690. The second-order valence-electron chi connectivity index (χ2n) is 7.03. The van der Waals surface area contributed by atoms with Crippen LogP contribution >= 0.6 is 0 Å². The topological polar surface area (TPSA) is 39.6 Å². The van der Waals surface area contributed by atoms with Gasteiger partial charge in [0, 0.05) is 16.6 Å². The van der Waals surface area contributed by atoms with Crippen LogP contribution in [0.5, 0.6) is 0 Å². The molecule has 1 aliphatic rings. The molecule has 1 atom stereocenters. The summed E-state index contributed by atoms with van der Waals surface area (Å²) in [4.78, 5) is 3.59. The maximum absolute atomic E-state index is 9.09. The number of hydrogen-bond acceptors (Lipinski definition) is 1. The highest BCUT2D eigenvalue weighted by molar-refractivity contribution is 5.86. The lowest BCUT2D eigenvalue weighted by Gasteiger charge is -2.23. The number of H-pyrrole nitrogens is 1. The van der Waals surface area contributed by atoms with Crippen molar-refractivity contribution >= 4 is 10.9 Å². The van der Waals surface area contributed by atoms with Gasteiger partial charge in [-0.1, -0.05) is 51.5 Å². The maximum Gasteiger partial charge on any atom is 0.0992 e. The monoisotopic (exact) mass is 308 g/mol. The molecule has 0 saturated heterocycles. The van der Waals surface area contributed by atoms with Crippen LogP contribution in [-0.2, 0) is 6.42 Å². The molecule has 3 rings (SSSR count). The van der Waals surface area contributed by atoms with Gasteiger partial charge in [0.15, 0.2) is 0 Å². The fourth-order valence-electron chi connectivity index (χ4n) is 4.14. The summed E-state index contributed by atoms with van der Waals surface area (Å²) in [6.07, 6.45) is 13.4. The Morgan fingerprint density at radius 1 is 1.17 bits per heavy atom. The minimum Gasteiger partial charge on any atom is -0.358 e. The SMILES string of the molecule is CCCCCCCCC1CCCc2[nH]c3cc(C#N)ccc3c21. The van der Waals surface area contributed by atoms with E-state index in [0.29, 0.717) is 5.92 Å². The standard InChI is InChI=1S/C21H28N2/c1-2-3-4-5-6-7-9-17-10-8-11-19-21(17)18-13-12-16(15-22)14-20(18)23-19/h12-14,17,23H,2-11H2,1H3. The number of nitrogens with one attached hydrogen (secondary N) is 1. The Kier molecular flexibility index (Phi) is 5.39. The van der Waals surface area contributed by atoms with Crippen LogP contribution in [0.25, 0.3) is 10.9 Å². The van der Waals surface area contributed by atoms with Gasteiger partial charge in [-0.15, -0.1) is 0 Å². The summed E-state index contributed by atoms with van der Waals surface area (Å²) in [6.45, 7) is 2.28. The van der Waals surface area contributed by atoms with Gasteiger partial charge in [-0.3, -0.25) is 0 Å². The molecule has 0 amide bonds. The first kappa shape index (κ1) is 16.1. The van der Waals surface area contributed by atoms with Crippen LogP contribution in [0.2, 0.25) is 0 Å². The summed E-state index contributed by atoms with van der Waals surface area (Å²) in [5.41, 5.74) is 4.90. The lowest BCUT2D eigenvalue weighted by Crippen LogP contribution is -2.08. The molecule has 2 aromatic rings. The predicted octanol–water partition coefficient (Wildman–Crippen LogP) is 6.21. The van der Waals surface area contributed by atoms with Gasteiger partial charge < -0.3 is 4.98 Å². The normalized spacial score (nSPS) is 17.1. The molecule has 1 N–H and O–H groups in total. The van der Waals surface area contributed by atoms with Gasteiger partial charge in [-0.25, -0.2) is 0 Å². The second kappa shape index (κ2) is 7.68. The molecule has 0 spiro atoms. The summed E-state index contributed by atoms with van der Waals surface area (Å²) in [6, 6.07) is 8.38. The van der Waals surface area contributed by atoms with E-state index >= 15 is 0 Å². The quantitative estimate of drug-likeness (QED) is 0.607. The minimum absolute atomic E-state index is 0.714. The van der Waals surface area contributed by atoms with E-state index in [4.69, 9.17) is 5.26 Å². The van der Waals surface area contributed by atoms with E-state index in [-0.39, 0.29) is 0 Å². The molecular weight excluding hydrogens is 280 g/mol. The summed E-state index contributed by atoms with van der Waals surface area (Å²) in [5, 5.41) is 10.4. The Balaban J connectivity index is 1.70. The third-order valence-corrected chi connectivity index (χ3v) is 5.34. The summed E-state index contributed by atoms with van der Waals surface area (Å²) >= 11 is 0. The van der Waals surface area contributed by atoms with Crippen molar-refractivity contribution in [3.05, 3.63) is 35.0 Å². The molecule has 0 bridgehead atoms. The minimum atomic E-state index is 0.714. The van der Waals surface area contributed by atoms with Crippen LogP contribution in [0, 0.1) is 11.3 Å². The van der Waals surface area contributed by atoms with Gasteiger partial charge in [-0.2, -0.15) is 5.26 Å². The number of aromatic nitrogens is 1. The predicted molar refractivity (Wildman–Crippen MR) is 96.7 cm³/mol. The molecule has 1 unspecified atom stereocenters. The van der Waals surface area contributed by atoms with Gasteiger partial charge in [0.1, 0.15) is 0 Å². The van der Waals surface area contributed by atoms with Crippen LogP contribution < -0.4 is 0 Å². The largest absolute Gasteiger partial charge is 0.358 e. The van der Waals surface area contributed by atoms with E-state index in [9.17, 15) is 0 Å². The van der Waals surface area contributed by atoms with Gasteiger partial charge >= 0.3 is 0 Å². The highest BCUT2D eigenvalue weighted by Gasteiger charge is 2.24. The van der Waals surface area contributed by atoms with E-state index in [1.54, 1.807) is 5.56 Å². The number of benzene rings is 1. The number of aromatic amines is 1. The number of unbranched alkanes of at least 4 members (excludes halogenated alkanes) is 5. The zero-order chi connectivity index (χ0) is 16.1. The molecule has 0 aliphatic heterocycles. The average Bonchev–Trinajstić information content (AvgIpc) is 2.96. The molecule has 0 fully saturated rings. The third kappa shape index (κ3) is 3.61.